The van der Waals surface area contributed by atoms with Gasteiger partial charge in [-0.05, 0) is 49.1 Å². The summed E-state index contributed by atoms with van der Waals surface area (Å²) in [7, 11) is 0. The highest BCUT2D eigenvalue weighted by molar-refractivity contribution is 6.31. The molecule has 0 radical (unpaired) electrons. The summed E-state index contributed by atoms with van der Waals surface area (Å²) in [5, 5.41) is 4.12. The first-order valence-electron chi connectivity index (χ1n) is 9.95. The van der Waals surface area contributed by atoms with E-state index in [4.69, 9.17) is 21.1 Å². The number of nitrogens with one attached hydrogen (secondary N) is 1. The molecule has 0 aliphatic carbocycles. The number of aryl methyl sites for hydroxylation is 2. The zero-order chi connectivity index (χ0) is 20.6. The Morgan fingerprint density at radius 3 is 2.28 bits per heavy atom. The van der Waals surface area contributed by atoms with E-state index in [1.54, 1.807) is 0 Å². The third-order valence-electron chi connectivity index (χ3n) is 4.82. The van der Waals surface area contributed by atoms with Gasteiger partial charge in [0.2, 0.25) is 0 Å². The summed E-state index contributed by atoms with van der Waals surface area (Å²) in [6, 6.07) is 20.5. The van der Waals surface area contributed by atoms with Gasteiger partial charge in [-0.15, -0.1) is 0 Å². The van der Waals surface area contributed by atoms with Crippen molar-refractivity contribution in [1.82, 2.24) is 5.32 Å². The first-order chi connectivity index (χ1) is 14.1. The van der Waals surface area contributed by atoms with Crippen LogP contribution in [0.4, 0.5) is 0 Å². The van der Waals surface area contributed by atoms with Crippen LogP contribution in [0.5, 0.6) is 11.5 Å². The van der Waals surface area contributed by atoms with Gasteiger partial charge in [0.25, 0.3) is 0 Å². The predicted octanol–water partition coefficient (Wildman–Crippen LogP) is 6.22. The molecule has 3 aromatic rings. The van der Waals surface area contributed by atoms with E-state index in [0.717, 1.165) is 23.4 Å². The molecule has 0 fully saturated rings. The van der Waals surface area contributed by atoms with Gasteiger partial charge >= 0.3 is 0 Å². The van der Waals surface area contributed by atoms with Gasteiger partial charge in [-0.1, -0.05) is 65.7 Å². The van der Waals surface area contributed by atoms with E-state index in [9.17, 15) is 0 Å². The van der Waals surface area contributed by atoms with Crippen LogP contribution in [0.1, 0.15) is 34.7 Å². The van der Waals surface area contributed by atoms with Crippen LogP contribution >= 0.6 is 11.6 Å². The molecule has 0 spiro atoms. The van der Waals surface area contributed by atoms with Crippen molar-refractivity contribution < 1.29 is 9.47 Å². The average molecular weight is 410 g/mol. The Kier molecular flexibility index (Phi) is 7.56. The van der Waals surface area contributed by atoms with Crippen LogP contribution in [0.25, 0.3) is 0 Å². The standard InChI is InChI=1S/C25H28ClNO2/c1-4-28-24-13-22(16-27-15-20-11-9-18(2)10-12-20)23(26)14-25(24)29-17-21-8-6-5-7-19(21)3/h5-14,27H,4,15-17H2,1-3H3. The van der Waals surface area contributed by atoms with Crippen molar-refractivity contribution in [2.45, 2.75) is 40.5 Å². The van der Waals surface area contributed by atoms with Crippen LogP contribution in [0.2, 0.25) is 5.02 Å². The van der Waals surface area contributed by atoms with Crippen LogP contribution in [0.3, 0.4) is 0 Å². The molecular formula is C25H28ClNO2. The predicted molar refractivity (Wildman–Crippen MR) is 120 cm³/mol. The van der Waals surface area contributed by atoms with E-state index in [1.165, 1.54) is 16.7 Å². The third kappa shape index (κ3) is 5.99. The van der Waals surface area contributed by atoms with Crippen molar-refractivity contribution in [1.29, 1.82) is 0 Å². The van der Waals surface area contributed by atoms with Crippen LogP contribution < -0.4 is 14.8 Å². The lowest BCUT2D eigenvalue weighted by Gasteiger charge is -2.16. The Morgan fingerprint density at radius 2 is 1.55 bits per heavy atom. The molecular weight excluding hydrogens is 382 g/mol. The summed E-state index contributed by atoms with van der Waals surface area (Å²) in [6.45, 7) is 8.63. The van der Waals surface area contributed by atoms with Crippen molar-refractivity contribution >= 4 is 11.6 Å². The summed E-state index contributed by atoms with van der Waals surface area (Å²) in [4.78, 5) is 0. The van der Waals surface area contributed by atoms with Crippen molar-refractivity contribution in [2.24, 2.45) is 0 Å². The summed E-state index contributed by atoms with van der Waals surface area (Å²) in [5.74, 6) is 1.39. The fraction of sp³-hybridized carbons (Fsp3) is 0.280. The maximum atomic E-state index is 6.54. The molecule has 152 valence electrons. The maximum absolute atomic E-state index is 6.54. The van der Waals surface area contributed by atoms with E-state index >= 15 is 0 Å². The van der Waals surface area contributed by atoms with Crippen LogP contribution in [0.15, 0.2) is 60.7 Å². The van der Waals surface area contributed by atoms with E-state index in [-0.39, 0.29) is 0 Å². The Morgan fingerprint density at radius 1 is 0.828 bits per heavy atom. The summed E-state index contributed by atoms with van der Waals surface area (Å²) in [5.41, 5.74) is 5.85. The second kappa shape index (κ2) is 10.3. The lowest BCUT2D eigenvalue weighted by atomic mass is 10.1. The second-order valence-corrected chi connectivity index (χ2v) is 7.53. The van der Waals surface area contributed by atoms with E-state index < -0.39 is 0 Å². The van der Waals surface area contributed by atoms with Gasteiger partial charge in [-0.3, -0.25) is 0 Å². The summed E-state index contributed by atoms with van der Waals surface area (Å²) < 4.78 is 11.9. The molecule has 0 atom stereocenters. The first-order valence-corrected chi connectivity index (χ1v) is 10.3. The van der Waals surface area contributed by atoms with E-state index in [0.29, 0.717) is 30.5 Å². The van der Waals surface area contributed by atoms with E-state index in [2.05, 4.69) is 55.6 Å². The maximum Gasteiger partial charge on any atom is 0.163 e. The van der Waals surface area contributed by atoms with E-state index in [1.807, 2.05) is 31.2 Å². The summed E-state index contributed by atoms with van der Waals surface area (Å²) >= 11 is 6.54. The third-order valence-corrected chi connectivity index (χ3v) is 5.17. The van der Waals surface area contributed by atoms with Gasteiger partial charge < -0.3 is 14.8 Å². The number of ether oxygens (including phenoxy) is 2. The Balaban J connectivity index is 1.68. The minimum Gasteiger partial charge on any atom is -0.490 e. The molecule has 0 aliphatic rings. The second-order valence-electron chi connectivity index (χ2n) is 7.13. The van der Waals surface area contributed by atoms with Gasteiger partial charge in [0, 0.05) is 24.2 Å². The molecule has 0 amide bonds. The SMILES string of the molecule is CCOc1cc(CNCc2ccc(C)cc2)c(Cl)cc1OCc1ccccc1C. The molecule has 3 rings (SSSR count). The topological polar surface area (TPSA) is 30.5 Å². The molecule has 0 saturated heterocycles. The zero-order valence-electron chi connectivity index (χ0n) is 17.3. The first kappa shape index (κ1) is 21.2. The minimum atomic E-state index is 0.480. The van der Waals surface area contributed by atoms with Crippen molar-refractivity contribution in [3.8, 4) is 11.5 Å². The number of benzene rings is 3. The molecule has 29 heavy (non-hydrogen) atoms. The Hall–Kier alpha value is -2.49. The molecule has 0 heterocycles. The van der Waals surface area contributed by atoms with Gasteiger partial charge in [0.05, 0.1) is 6.61 Å². The van der Waals surface area contributed by atoms with Crippen LogP contribution in [-0.2, 0) is 19.7 Å². The largest absolute Gasteiger partial charge is 0.490 e. The minimum absolute atomic E-state index is 0.480. The van der Waals surface area contributed by atoms with Crippen molar-refractivity contribution in [3.05, 3.63) is 93.5 Å². The molecule has 0 aromatic heterocycles. The summed E-state index contributed by atoms with van der Waals surface area (Å²) in [6.07, 6.45) is 0. The molecule has 0 bridgehead atoms. The molecule has 0 unspecified atom stereocenters. The smallest absolute Gasteiger partial charge is 0.163 e. The highest BCUT2D eigenvalue weighted by atomic mass is 35.5. The van der Waals surface area contributed by atoms with Crippen molar-refractivity contribution in [3.63, 3.8) is 0 Å². The highest BCUT2D eigenvalue weighted by Gasteiger charge is 2.12. The molecule has 3 aromatic carbocycles. The molecule has 0 saturated carbocycles. The van der Waals surface area contributed by atoms with Gasteiger partial charge in [-0.2, -0.15) is 0 Å². The van der Waals surface area contributed by atoms with Crippen LogP contribution in [0, 0.1) is 13.8 Å². The molecule has 3 nitrogen and oxygen atoms in total. The fourth-order valence-electron chi connectivity index (χ4n) is 3.07. The molecule has 0 aliphatic heterocycles. The monoisotopic (exact) mass is 409 g/mol. The highest BCUT2D eigenvalue weighted by Crippen LogP contribution is 2.34. The Bertz CT molecular complexity index is 938. The van der Waals surface area contributed by atoms with Gasteiger partial charge in [0.15, 0.2) is 11.5 Å². The average Bonchev–Trinajstić information content (AvgIpc) is 2.71. The number of rotatable bonds is 9. The number of hydrogen-bond acceptors (Lipinski definition) is 3. The normalized spacial score (nSPS) is 10.8. The lowest BCUT2D eigenvalue weighted by Crippen LogP contribution is -2.13. The van der Waals surface area contributed by atoms with Crippen LogP contribution in [-0.4, -0.2) is 6.61 Å². The molecule has 1 N–H and O–H groups in total. The number of halogens is 1. The number of hydrogen-bond donors (Lipinski definition) is 1. The lowest BCUT2D eigenvalue weighted by molar-refractivity contribution is 0.268. The van der Waals surface area contributed by atoms with Gasteiger partial charge in [-0.25, -0.2) is 0 Å². The zero-order valence-corrected chi connectivity index (χ0v) is 18.1. The van der Waals surface area contributed by atoms with Crippen molar-refractivity contribution in [2.75, 3.05) is 6.61 Å². The quantitative estimate of drug-likeness (QED) is 0.454. The Labute approximate surface area is 178 Å². The fourth-order valence-corrected chi connectivity index (χ4v) is 3.29. The van der Waals surface area contributed by atoms with Gasteiger partial charge in [0.1, 0.15) is 6.61 Å². The molecule has 4 heteroatoms.